The quantitative estimate of drug-likeness (QED) is 0.655. The van der Waals surface area contributed by atoms with E-state index in [2.05, 4.69) is 4.99 Å². The molecule has 0 saturated carbocycles. The highest BCUT2D eigenvalue weighted by Crippen LogP contribution is 2.37. The van der Waals surface area contributed by atoms with Crippen molar-refractivity contribution in [2.45, 2.75) is 26.2 Å². The van der Waals surface area contributed by atoms with Crippen molar-refractivity contribution in [2.24, 2.45) is 16.1 Å². The number of hydrogen-bond acceptors (Lipinski definition) is 2. The van der Waals surface area contributed by atoms with Crippen LogP contribution in [-0.2, 0) is 0 Å². The molecule has 0 amide bonds. The predicted molar refractivity (Wildman–Crippen MR) is 39.8 cm³/mol. The van der Waals surface area contributed by atoms with Crippen molar-refractivity contribution >= 4 is 5.84 Å². The first-order valence-electron chi connectivity index (χ1n) is 3.67. The van der Waals surface area contributed by atoms with Crippen LogP contribution in [0.2, 0.25) is 0 Å². The maximum absolute atomic E-state index is 12.4. The van der Waals surface area contributed by atoms with Crippen LogP contribution in [0, 0.1) is 5.41 Å². The lowest BCUT2D eigenvalue weighted by Crippen LogP contribution is -2.31. The fourth-order valence-corrected chi connectivity index (χ4v) is 1.27. The molecule has 11 heavy (non-hydrogen) atoms. The topological polar surface area (TPSA) is 38.4 Å². The summed E-state index contributed by atoms with van der Waals surface area (Å²) in [5.74, 6) is 0.368. The Morgan fingerprint density at radius 2 is 2.36 bits per heavy atom. The van der Waals surface area contributed by atoms with Crippen molar-refractivity contribution in [3.63, 3.8) is 0 Å². The van der Waals surface area contributed by atoms with Gasteiger partial charge in [0.25, 0.3) is 0 Å². The molecule has 1 atom stereocenters. The minimum Gasteiger partial charge on any atom is -0.387 e. The summed E-state index contributed by atoms with van der Waals surface area (Å²) in [6.07, 6.45) is -1.62. The second-order valence-corrected chi connectivity index (χ2v) is 3.00. The molecular formula is C7H12F2N2. The molecule has 4 heteroatoms. The first-order chi connectivity index (χ1) is 5.10. The minimum absolute atomic E-state index is 0.188. The number of rotatable bonds is 2. The van der Waals surface area contributed by atoms with Crippen molar-refractivity contribution in [1.29, 1.82) is 0 Å². The second-order valence-electron chi connectivity index (χ2n) is 3.00. The Morgan fingerprint density at radius 1 is 1.73 bits per heavy atom. The Hall–Kier alpha value is -0.670. The Labute approximate surface area is 64.5 Å². The number of nitrogens with zero attached hydrogens (tertiary/aromatic N) is 1. The predicted octanol–water partition coefficient (Wildman–Crippen LogP) is 1.41. The third kappa shape index (κ3) is 1.34. The first-order valence-corrected chi connectivity index (χ1v) is 3.67. The maximum atomic E-state index is 12.4. The number of nitrogens with two attached hydrogens (primary N) is 1. The Morgan fingerprint density at radius 3 is 2.55 bits per heavy atom. The third-order valence-corrected chi connectivity index (χ3v) is 2.30. The average molecular weight is 162 g/mol. The molecule has 0 spiro atoms. The van der Waals surface area contributed by atoms with E-state index >= 15 is 0 Å². The van der Waals surface area contributed by atoms with Gasteiger partial charge in [-0.15, -0.1) is 0 Å². The summed E-state index contributed by atoms with van der Waals surface area (Å²) in [4.78, 5) is 3.80. The van der Waals surface area contributed by atoms with Gasteiger partial charge < -0.3 is 5.73 Å². The van der Waals surface area contributed by atoms with Crippen molar-refractivity contribution in [3.05, 3.63) is 0 Å². The molecule has 2 nitrogen and oxygen atoms in total. The van der Waals surface area contributed by atoms with Crippen LogP contribution in [0.1, 0.15) is 19.8 Å². The highest BCUT2D eigenvalue weighted by atomic mass is 19.3. The monoisotopic (exact) mass is 162 g/mol. The second kappa shape index (κ2) is 2.75. The van der Waals surface area contributed by atoms with Crippen LogP contribution in [0.4, 0.5) is 8.78 Å². The lowest BCUT2D eigenvalue weighted by atomic mass is 9.84. The Balaban J connectivity index is 2.67. The van der Waals surface area contributed by atoms with Gasteiger partial charge in [0.15, 0.2) is 0 Å². The molecule has 0 saturated heterocycles. The average Bonchev–Trinajstić information content (AvgIpc) is 2.33. The normalized spacial score (nSPS) is 31.1. The van der Waals surface area contributed by atoms with Gasteiger partial charge in [-0.3, -0.25) is 4.99 Å². The zero-order chi connectivity index (χ0) is 8.48. The SMILES string of the molecule is CCC1(C(F)F)CN=C(N)C1. The third-order valence-electron chi connectivity index (χ3n) is 2.30. The summed E-state index contributed by atoms with van der Waals surface area (Å²) < 4.78 is 24.9. The van der Waals surface area contributed by atoms with E-state index in [0.717, 1.165) is 0 Å². The molecule has 0 aliphatic carbocycles. The molecular weight excluding hydrogens is 150 g/mol. The zero-order valence-corrected chi connectivity index (χ0v) is 6.48. The molecule has 0 radical (unpaired) electrons. The minimum atomic E-state index is -2.31. The maximum Gasteiger partial charge on any atom is 0.246 e. The van der Waals surface area contributed by atoms with Gasteiger partial charge in [-0.05, 0) is 6.42 Å². The summed E-state index contributed by atoms with van der Waals surface area (Å²) in [5, 5.41) is 0. The zero-order valence-electron chi connectivity index (χ0n) is 6.48. The van der Waals surface area contributed by atoms with Crippen molar-refractivity contribution in [2.75, 3.05) is 6.54 Å². The van der Waals surface area contributed by atoms with Crippen LogP contribution in [0.15, 0.2) is 4.99 Å². The molecule has 1 aliphatic heterocycles. The van der Waals surface area contributed by atoms with E-state index in [1.54, 1.807) is 6.92 Å². The van der Waals surface area contributed by atoms with Crippen LogP contribution < -0.4 is 5.73 Å². The van der Waals surface area contributed by atoms with E-state index in [-0.39, 0.29) is 13.0 Å². The number of aliphatic imine (C=N–C) groups is 1. The number of amidine groups is 1. The molecule has 1 unspecified atom stereocenters. The molecule has 1 aliphatic rings. The molecule has 1 heterocycles. The molecule has 64 valence electrons. The molecule has 0 aromatic rings. The van der Waals surface area contributed by atoms with Crippen molar-refractivity contribution < 1.29 is 8.78 Å². The fraction of sp³-hybridized carbons (Fsp3) is 0.857. The van der Waals surface area contributed by atoms with E-state index in [4.69, 9.17) is 5.73 Å². The Kier molecular flexibility index (Phi) is 2.11. The van der Waals surface area contributed by atoms with E-state index < -0.39 is 11.8 Å². The van der Waals surface area contributed by atoms with Gasteiger partial charge in [-0.1, -0.05) is 6.92 Å². The number of halogens is 2. The van der Waals surface area contributed by atoms with Gasteiger partial charge in [0, 0.05) is 6.42 Å². The molecule has 0 aromatic carbocycles. The van der Waals surface area contributed by atoms with Crippen molar-refractivity contribution in [3.8, 4) is 0 Å². The standard InChI is InChI=1S/C7H12F2N2/c1-2-7(6(8)9)3-5(10)11-4-7/h6H,2-4H2,1H3,(H2,10,11). The molecule has 1 rings (SSSR count). The molecule has 2 N–H and O–H groups in total. The number of hydrogen-bond donors (Lipinski definition) is 1. The van der Waals surface area contributed by atoms with E-state index in [0.29, 0.717) is 12.3 Å². The number of alkyl halides is 2. The van der Waals surface area contributed by atoms with Gasteiger partial charge >= 0.3 is 0 Å². The van der Waals surface area contributed by atoms with Crippen LogP contribution in [0.5, 0.6) is 0 Å². The summed E-state index contributed by atoms with van der Waals surface area (Å²) in [5.41, 5.74) is 4.39. The van der Waals surface area contributed by atoms with Gasteiger partial charge in [-0.2, -0.15) is 0 Å². The lowest BCUT2D eigenvalue weighted by Gasteiger charge is -2.24. The van der Waals surface area contributed by atoms with Gasteiger partial charge in [0.1, 0.15) is 0 Å². The largest absolute Gasteiger partial charge is 0.387 e. The lowest BCUT2D eigenvalue weighted by molar-refractivity contribution is 0.00778. The van der Waals surface area contributed by atoms with Crippen molar-refractivity contribution in [1.82, 2.24) is 0 Å². The van der Waals surface area contributed by atoms with Crippen LogP contribution >= 0.6 is 0 Å². The first kappa shape index (κ1) is 8.43. The summed E-state index contributed by atoms with van der Waals surface area (Å²) in [6, 6.07) is 0. The fourth-order valence-electron chi connectivity index (χ4n) is 1.27. The summed E-state index contributed by atoms with van der Waals surface area (Å²) in [7, 11) is 0. The molecule has 0 fully saturated rings. The van der Waals surface area contributed by atoms with Gasteiger partial charge in [0.2, 0.25) is 6.43 Å². The van der Waals surface area contributed by atoms with Gasteiger partial charge in [0.05, 0.1) is 17.8 Å². The van der Waals surface area contributed by atoms with Crippen LogP contribution in [0.25, 0.3) is 0 Å². The van der Waals surface area contributed by atoms with Crippen LogP contribution in [-0.4, -0.2) is 18.8 Å². The summed E-state index contributed by atoms with van der Waals surface area (Å²) >= 11 is 0. The molecule has 0 aromatic heterocycles. The summed E-state index contributed by atoms with van der Waals surface area (Å²) in [6.45, 7) is 1.94. The molecule has 0 bridgehead atoms. The smallest absolute Gasteiger partial charge is 0.246 e. The van der Waals surface area contributed by atoms with Gasteiger partial charge in [-0.25, -0.2) is 8.78 Å². The highest BCUT2D eigenvalue weighted by molar-refractivity contribution is 5.82. The Bertz CT molecular complexity index is 179. The van der Waals surface area contributed by atoms with E-state index in [9.17, 15) is 8.78 Å². The van der Waals surface area contributed by atoms with E-state index in [1.165, 1.54) is 0 Å². The van der Waals surface area contributed by atoms with Crippen LogP contribution in [0.3, 0.4) is 0 Å². The van der Waals surface area contributed by atoms with E-state index in [1.807, 2.05) is 0 Å². The highest BCUT2D eigenvalue weighted by Gasteiger charge is 2.42.